The molecule has 0 aromatic carbocycles. The van der Waals surface area contributed by atoms with E-state index in [4.69, 9.17) is 0 Å². The summed E-state index contributed by atoms with van der Waals surface area (Å²) in [7, 11) is 0. The van der Waals surface area contributed by atoms with E-state index in [9.17, 15) is 0 Å². The van der Waals surface area contributed by atoms with Gasteiger partial charge >= 0.3 is 0 Å². The zero-order valence-corrected chi connectivity index (χ0v) is 13.0. The highest BCUT2D eigenvalue weighted by atomic mass is 14.8. The Labute approximate surface area is 113 Å². The van der Waals surface area contributed by atoms with E-state index in [1.54, 1.807) is 0 Å². The van der Waals surface area contributed by atoms with Crippen molar-refractivity contribution in [3.63, 3.8) is 0 Å². The van der Waals surface area contributed by atoms with Crippen LogP contribution in [0.4, 0.5) is 0 Å². The first-order valence-electron chi connectivity index (χ1n) is 7.11. The van der Waals surface area contributed by atoms with Gasteiger partial charge < -0.3 is 0 Å². The molecule has 1 nitrogen and oxygen atoms in total. The summed E-state index contributed by atoms with van der Waals surface area (Å²) in [6.07, 6.45) is 9.63. The van der Waals surface area contributed by atoms with Crippen LogP contribution in [0, 0.1) is 5.92 Å². The van der Waals surface area contributed by atoms with E-state index in [0.29, 0.717) is 5.92 Å². The summed E-state index contributed by atoms with van der Waals surface area (Å²) in [4.78, 5) is 4.66. The first kappa shape index (κ1) is 16.9. The summed E-state index contributed by atoms with van der Waals surface area (Å²) < 4.78 is 0. The fourth-order valence-corrected chi connectivity index (χ4v) is 1.52. The molecule has 2 atom stereocenters. The summed E-state index contributed by atoms with van der Waals surface area (Å²) in [5.41, 5.74) is 5.83. The Morgan fingerprint density at radius 1 is 1.22 bits per heavy atom. The Kier molecular flexibility index (Phi) is 9.32. The number of aliphatic imine (C=N–C) groups is 1. The van der Waals surface area contributed by atoms with Crippen molar-refractivity contribution in [3.05, 3.63) is 29.5 Å². The summed E-state index contributed by atoms with van der Waals surface area (Å²) >= 11 is 0. The molecule has 0 saturated carbocycles. The standard InChI is InChI=1S/C17H29N/c1-7-14(3)11-9-10-12-16(5)18-17(6)13-15(4)8-2/h10-11,13-14,17H,7-8,12H2,1-6H3/b15-13+,18-16?. The fourth-order valence-electron chi connectivity index (χ4n) is 1.52. The summed E-state index contributed by atoms with van der Waals surface area (Å²) in [5.74, 6) is 0.618. The summed E-state index contributed by atoms with van der Waals surface area (Å²) in [6.45, 7) is 13.0. The first-order valence-corrected chi connectivity index (χ1v) is 7.11. The Hall–Kier alpha value is -1.07. The van der Waals surface area contributed by atoms with E-state index < -0.39 is 0 Å². The molecule has 0 aliphatic carbocycles. The Bertz CT molecular complexity index is 341. The van der Waals surface area contributed by atoms with Gasteiger partial charge in [-0.05, 0) is 51.7 Å². The van der Waals surface area contributed by atoms with Crippen LogP contribution in [0.1, 0.15) is 60.8 Å². The molecule has 0 N–H and O–H groups in total. The van der Waals surface area contributed by atoms with Crippen LogP contribution in [0.3, 0.4) is 0 Å². The minimum atomic E-state index is 0.289. The van der Waals surface area contributed by atoms with E-state index in [0.717, 1.165) is 12.8 Å². The van der Waals surface area contributed by atoms with Crippen molar-refractivity contribution >= 4 is 5.71 Å². The lowest BCUT2D eigenvalue weighted by Crippen LogP contribution is -1.99. The van der Waals surface area contributed by atoms with E-state index in [2.05, 4.69) is 70.5 Å². The molecule has 0 saturated heterocycles. The molecule has 0 aromatic heterocycles. The zero-order chi connectivity index (χ0) is 14.0. The van der Waals surface area contributed by atoms with Crippen LogP contribution in [0.15, 0.2) is 34.5 Å². The Morgan fingerprint density at radius 2 is 1.89 bits per heavy atom. The molecule has 0 amide bonds. The summed E-state index contributed by atoms with van der Waals surface area (Å²) in [6, 6.07) is 0.289. The second-order valence-electron chi connectivity index (χ2n) is 5.10. The number of allylic oxidation sites excluding steroid dienone is 2. The lowest BCUT2D eigenvalue weighted by molar-refractivity contribution is 0.699. The fraction of sp³-hybridized carbons (Fsp3) is 0.647. The third-order valence-corrected chi connectivity index (χ3v) is 3.05. The maximum atomic E-state index is 4.66. The highest BCUT2D eigenvalue weighted by molar-refractivity contribution is 5.83. The van der Waals surface area contributed by atoms with E-state index in [-0.39, 0.29) is 6.04 Å². The van der Waals surface area contributed by atoms with Crippen molar-refractivity contribution in [2.75, 3.05) is 0 Å². The third kappa shape index (κ3) is 9.01. The normalized spacial score (nSPS) is 15.9. The average Bonchev–Trinajstić information content (AvgIpc) is 2.33. The van der Waals surface area contributed by atoms with Crippen molar-refractivity contribution in [2.24, 2.45) is 10.9 Å². The van der Waals surface area contributed by atoms with Gasteiger partial charge in [-0.25, -0.2) is 0 Å². The van der Waals surface area contributed by atoms with Crippen LogP contribution in [-0.2, 0) is 0 Å². The largest absolute Gasteiger partial charge is 0.287 e. The predicted molar refractivity (Wildman–Crippen MR) is 83.3 cm³/mol. The van der Waals surface area contributed by atoms with Crippen molar-refractivity contribution in [2.45, 2.75) is 66.8 Å². The molecule has 18 heavy (non-hydrogen) atoms. The van der Waals surface area contributed by atoms with Gasteiger partial charge in [0, 0.05) is 12.1 Å². The Balaban J connectivity index is 4.32. The molecule has 0 heterocycles. The molecule has 0 rings (SSSR count). The second-order valence-corrected chi connectivity index (χ2v) is 5.10. The van der Waals surface area contributed by atoms with Gasteiger partial charge in [0.25, 0.3) is 0 Å². The number of rotatable bonds is 7. The number of hydrogen-bond acceptors (Lipinski definition) is 1. The summed E-state index contributed by atoms with van der Waals surface area (Å²) in [5, 5.41) is 0. The molecule has 0 fully saturated rings. The van der Waals surface area contributed by atoms with Crippen LogP contribution in [0.5, 0.6) is 0 Å². The quantitative estimate of drug-likeness (QED) is 0.327. The van der Waals surface area contributed by atoms with Crippen molar-refractivity contribution in [1.29, 1.82) is 0 Å². The topological polar surface area (TPSA) is 12.4 Å². The van der Waals surface area contributed by atoms with E-state index in [1.807, 2.05) is 0 Å². The maximum absolute atomic E-state index is 4.66. The molecule has 2 unspecified atom stereocenters. The van der Waals surface area contributed by atoms with Gasteiger partial charge in [-0.2, -0.15) is 0 Å². The lowest BCUT2D eigenvalue weighted by atomic mass is 10.1. The maximum Gasteiger partial charge on any atom is 0.0653 e. The first-order chi connectivity index (χ1) is 8.49. The SMILES string of the molecule is CC/C(C)=C/C(C)N=C(C)CC=C=CC(C)CC. The zero-order valence-electron chi connectivity index (χ0n) is 13.0. The van der Waals surface area contributed by atoms with Gasteiger partial charge in [-0.3, -0.25) is 4.99 Å². The molecule has 0 aliphatic heterocycles. The van der Waals surface area contributed by atoms with Crippen molar-refractivity contribution in [3.8, 4) is 0 Å². The number of nitrogens with zero attached hydrogens (tertiary/aromatic N) is 1. The molecule has 1 heteroatoms. The minimum Gasteiger partial charge on any atom is -0.287 e. The van der Waals surface area contributed by atoms with Gasteiger partial charge in [0.05, 0.1) is 6.04 Å². The van der Waals surface area contributed by atoms with Crippen molar-refractivity contribution < 1.29 is 0 Å². The van der Waals surface area contributed by atoms with Gasteiger partial charge in [-0.1, -0.05) is 32.4 Å². The Morgan fingerprint density at radius 3 is 2.44 bits per heavy atom. The molecule has 0 spiro atoms. The predicted octanol–water partition coefficient (Wildman–Crippen LogP) is 5.34. The van der Waals surface area contributed by atoms with Crippen LogP contribution < -0.4 is 0 Å². The average molecular weight is 247 g/mol. The van der Waals surface area contributed by atoms with Gasteiger partial charge in [0.1, 0.15) is 0 Å². The van der Waals surface area contributed by atoms with Crippen molar-refractivity contribution in [1.82, 2.24) is 0 Å². The van der Waals surface area contributed by atoms with E-state index in [1.165, 1.54) is 17.7 Å². The lowest BCUT2D eigenvalue weighted by Gasteiger charge is -2.04. The third-order valence-electron chi connectivity index (χ3n) is 3.05. The number of hydrogen-bond donors (Lipinski definition) is 0. The smallest absolute Gasteiger partial charge is 0.0653 e. The molecule has 0 radical (unpaired) electrons. The highest BCUT2D eigenvalue weighted by Crippen LogP contribution is 2.04. The van der Waals surface area contributed by atoms with E-state index >= 15 is 0 Å². The minimum absolute atomic E-state index is 0.289. The monoisotopic (exact) mass is 247 g/mol. The highest BCUT2D eigenvalue weighted by Gasteiger charge is 1.96. The molecule has 0 bridgehead atoms. The molecule has 0 aliphatic rings. The molecule has 0 aromatic rings. The molecule has 102 valence electrons. The molecular formula is C17H29N. The van der Waals surface area contributed by atoms with Gasteiger partial charge in [0.2, 0.25) is 0 Å². The van der Waals surface area contributed by atoms with Gasteiger partial charge in [-0.15, -0.1) is 5.73 Å². The van der Waals surface area contributed by atoms with Crippen LogP contribution in [0.2, 0.25) is 0 Å². The van der Waals surface area contributed by atoms with Gasteiger partial charge in [0.15, 0.2) is 0 Å². The molecular weight excluding hydrogens is 218 g/mol. The van der Waals surface area contributed by atoms with Crippen LogP contribution in [0.25, 0.3) is 0 Å². The van der Waals surface area contributed by atoms with Crippen LogP contribution in [-0.4, -0.2) is 11.8 Å². The van der Waals surface area contributed by atoms with Crippen LogP contribution >= 0.6 is 0 Å². The second kappa shape index (κ2) is 9.91.